The standard InChI is InChI=1S/C6H8F3NO2/c7-6(8,9)5(4(11)12)1-2-10-3-5/h10H,1-3H2,(H,11,12)/t5-/m1/s1. The fourth-order valence-electron chi connectivity index (χ4n) is 1.24. The first-order chi connectivity index (χ1) is 5.40. The molecule has 1 heterocycles. The number of carbonyl (C=O) groups is 1. The summed E-state index contributed by atoms with van der Waals surface area (Å²) in [7, 11) is 0. The Bertz CT molecular complexity index is 195. The minimum atomic E-state index is -4.66. The predicted molar refractivity (Wildman–Crippen MR) is 33.6 cm³/mol. The van der Waals surface area contributed by atoms with Crippen LogP contribution in [0.3, 0.4) is 0 Å². The van der Waals surface area contributed by atoms with E-state index in [9.17, 15) is 18.0 Å². The van der Waals surface area contributed by atoms with E-state index in [0.29, 0.717) is 0 Å². The van der Waals surface area contributed by atoms with E-state index in [2.05, 4.69) is 5.32 Å². The molecule has 1 aliphatic heterocycles. The Kier molecular flexibility index (Phi) is 2.03. The van der Waals surface area contributed by atoms with Crippen LogP contribution in [0.5, 0.6) is 0 Å². The normalized spacial score (nSPS) is 30.6. The van der Waals surface area contributed by atoms with E-state index in [0.717, 1.165) is 0 Å². The van der Waals surface area contributed by atoms with Crippen LogP contribution < -0.4 is 5.32 Å². The number of alkyl halides is 3. The number of hydrogen-bond acceptors (Lipinski definition) is 2. The quantitative estimate of drug-likeness (QED) is 0.626. The Morgan fingerprint density at radius 1 is 1.50 bits per heavy atom. The van der Waals surface area contributed by atoms with Gasteiger partial charge < -0.3 is 10.4 Å². The van der Waals surface area contributed by atoms with E-state index in [1.807, 2.05) is 0 Å². The van der Waals surface area contributed by atoms with Crippen LogP contribution in [0.2, 0.25) is 0 Å². The van der Waals surface area contributed by atoms with E-state index in [4.69, 9.17) is 5.11 Å². The zero-order chi connectivity index (χ0) is 9.41. The van der Waals surface area contributed by atoms with Gasteiger partial charge in [0.15, 0.2) is 5.41 Å². The van der Waals surface area contributed by atoms with E-state index >= 15 is 0 Å². The van der Waals surface area contributed by atoms with Crippen molar-refractivity contribution in [3.05, 3.63) is 0 Å². The minimum absolute atomic E-state index is 0.103. The number of halogens is 3. The predicted octanol–water partition coefficient (Wildman–Crippen LogP) is 0.613. The maximum Gasteiger partial charge on any atom is 0.406 e. The second-order valence-electron chi connectivity index (χ2n) is 2.81. The maximum absolute atomic E-state index is 12.2. The number of carboxylic acids is 1. The van der Waals surface area contributed by atoms with Crippen molar-refractivity contribution in [2.24, 2.45) is 5.41 Å². The zero-order valence-electron chi connectivity index (χ0n) is 6.11. The van der Waals surface area contributed by atoms with Crippen molar-refractivity contribution in [2.45, 2.75) is 12.6 Å². The fourth-order valence-corrected chi connectivity index (χ4v) is 1.24. The number of aliphatic carboxylic acids is 1. The number of carboxylic acid groups (broad SMARTS) is 1. The number of rotatable bonds is 1. The van der Waals surface area contributed by atoms with Gasteiger partial charge in [0, 0.05) is 6.54 Å². The second-order valence-corrected chi connectivity index (χ2v) is 2.81. The molecule has 0 amide bonds. The van der Waals surface area contributed by atoms with E-state index in [-0.39, 0.29) is 13.0 Å². The summed E-state index contributed by atoms with van der Waals surface area (Å²) in [5, 5.41) is 10.8. The molecule has 0 aromatic rings. The lowest BCUT2D eigenvalue weighted by Gasteiger charge is -2.25. The Morgan fingerprint density at radius 3 is 2.25 bits per heavy atom. The largest absolute Gasteiger partial charge is 0.481 e. The van der Waals surface area contributed by atoms with Crippen LogP contribution in [0.25, 0.3) is 0 Å². The van der Waals surface area contributed by atoms with Gasteiger partial charge in [0.05, 0.1) is 0 Å². The summed E-state index contributed by atoms with van der Waals surface area (Å²) in [4.78, 5) is 10.4. The van der Waals surface area contributed by atoms with Crippen molar-refractivity contribution in [3.63, 3.8) is 0 Å². The first-order valence-corrected chi connectivity index (χ1v) is 3.41. The van der Waals surface area contributed by atoms with E-state index in [1.54, 1.807) is 0 Å². The Balaban J connectivity index is 2.94. The molecule has 3 nitrogen and oxygen atoms in total. The SMILES string of the molecule is O=C(O)[C@@]1(C(F)(F)F)CCNC1. The van der Waals surface area contributed by atoms with Gasteiger partial charge in [-0.2, -0.15) is 13.2 Å². The molecule has 1 saturated heterocycles. The summed E-state index contributed by atoms with van der Waals surface area (Å²) < 4.78 is 36.7. The van der Waals surface area contributed by atoms with Crippen LogP contribution in [0, 0.1) is 5.41 Å². The lowest BCUT2D eigenvalue weighted by atomic mass is 9.87. The zero-order valence-corrected chi connectivity index (χ0v) is 6.11. The Morgan fingerprint density at radius 2 is 2.08 bits per heavy atom. The molecule has 1 fully saturated rings. The van der Waals surface area contributed by atoms with Gasteiger partial charge >= 0.3 is 12.1 Å². The van der Waals surface area contributed by atoms with Gasteiger partial charge in [-0.25, -0.2) is 0 Å². The van der Waals surface area contributed by atoms with Crippen molar-refractivity contribution in [1.29, 1.82) is 0 Å². The van der Waals surface area contributed by atoms with Crippen molar-refractivity contribution in [1.82, 2.24) is 5.32 Å². The second kappa shape index (κ2) is 2.62. The third-order valence-electron chi connectivity index (χ3n) is 2.11. The lowest BCUT2D eigenvalue weighted by molar-refractivity contribution is -0.225. The molecule has 0 aromatic carbocycles. The minimum Gasteiger partial charge on any atom is -0.481 e. The van der Waals surface area contributed by atoms with E-state index < -0.39 is 24.1 Å². The lowest BCUT2D eigenvalue weighted by Crippen LogP contribution is -2.46. The van der Waals surface area contributed by atoms with Crippen molar-refractivity contribution in [3.8, 4) is 0 Å². The average Bonchev–Trinajstić information content (AvgIpc) is 2.31. The Hall–Kier alpha value is -0.780. The average molecular weight is 183 g/mol. The first-order valence-electron chi connectivity index (χ1n) is 3.41. The summed E-state index contributed by atoms with van der Waals surface area (Å²) in [5.74, 6) is -1.79. The highest BCUT2D eigenvalue weighted by molar-refractivity contribution is 5.76. The molecule has 70 valence electrons. The molecule has 0 aromatic heterocycles. The highest BCUT2D eigenvalue weighted by Crippen LogP contribution is 2.42. The third kappa shape index (κ3) is 1.16. The summed E-state index contributed by atoms with van der Waals surface area (Å²) in [6.07, 6.45) is -5.05. The van der Waals surface area contributed by atoms with Gasteiger partial charge in [-0.3, -0.25) is 4.79 Å². The molecule has 0 bridgehead atoms. The molecule has 6 heteroatoms. The molecule has 0 saturated carbocycles. The molecular formula is C6H8F3NO2. The van der Waals surface area contributed by atoms with Gasteiger partial charge in [-0.05, 0) is 13.0 Å². The molecule has 0 aliphatic carbocycles. The van der Waals surface area contributed by atoms with Crippen molar-refractivity contribution in [2.75, 3.05) is 13.1 Å². The molecule has 0 radical (unpaired) electrons. The molecule has 1 aliphatic rings. The smallest absolute Gasteiger partial charge is 0.406 e. The van der Waals surface area contributed by atoms with Crippen molar-refractivity contribution < 1.29 is 23.1 Å². The van der Waals surface area contributed by atoms with Crippen LogP contribution in [0.4, 0.5) is 13.2 Å². The highest BCUT2D eigenvalue weighted by Gasteiger charge is 2.61. The monoisotopic (exact) mass is 183 g/mol. The molecule has 12 heavy (non-hydrogen) atoms. The summed E-state index contributed by atoms with van der Waals surface area (Å²) in [6, 6.07) is 0. The van der Waals surface area contributed by atoms with Crippen LogP contribution in [0.1, 0.15) is 6.42 Å². The fraction of sp³-hybridized carbons (Fsp3) is 0.833. The molecule has 0 spiro atoms. The van der Waals surface area contributed by atoms with Crippen LogP contribution in [-0.2, 0) is 4.79 Å². The van der Waals surface area contributed by atoms with Gasteiger partial charge in [-0.15, -0.1) is 0 Å². The van der Waals surface area contributed by atoms with Crippen LogP contribution >= 0.6 is 0 Å². The molecule has 1 atom stereocenters. The van der Waals surface area contributed by atoms with Crippen molar-refractivity contribution >= 4 is 5.97 Å². The van der Waals surface area contributed by atoms with Gasteiger partial charge in [0.2, 0.25) is 0 Å². The van der Waals surface area contributed by atoms with Gasteiger partial charge in [-0.1, -0.05) is 0 Å². The molecule has 1 rings (SSSR count). The molecule has 2 N–H and O–H groups in total. The van der Waals surface area contributed by atoms with Gasteiger partial charge in [0.25, 0.3) is 0 Å². The number of nitrogens with one attached hydrogen (secondary N) is 1. The number of hydrogen-bond donors (Lipinski definition) is 2. The molecule has 0 unspecified atom stereocenters. The first kappa shape index (κ1) is 9.31. The van der Waals surface area contributed by atoms with Crippen LogP contribution in [-0.4, -0.2) is 30.3 Å². The summed E-state index contributed by atoms with van der Waals surface area (Å²) in [5.41, 5.74) is -2.56. The highest BCUT2D eigenvalue weighted by atomic mass is 19.4. The molecular weight excluding hydrogens is 175 g/mol. The third-order valence-corrected chi connectivity index (χ3v) is 2.11. The Labute approximate surface area is 66.6 Å². The van der Waals surface area contributed by atoms with E-state index in [1.165, 1.54) is 0 Å². The van der Waals surface area contributed by atoms with Gasteiger partial charge in [0.1, 0.15) is 0 Å². The topological polar surface area (TPSA) is 49.3 Å². The summed E-state index contributed by atoms with van der Waals surface area (Å²) >= 11 is 0. The van der Waals surface area contributed by atoms with Crippen LogP contribution in [0.15, 0.2) is 0 Å². The maximum atomic E-state index is 12.2. The summed E-state index contributed by atoms with van der Waals surface area (Å²) in [6.45, 7) is -0.419.